The van der Waals surface area contributed by atoms with Gasteiger partial charge >= 0.3 is 6.18 Å². The first-order valence-electron chi connectivity index (χ1n) is 13.1. The van der Waals surface area contributed by atoms with E-state index in [1.54, 1.807) is 12.4 Å². The average molecular weight is 621 g/mol. The van der Waals surface area contributed by atoms with Crippen molar-refractivity contribution in [3.63, 3.8) is 0 Å². The number of alkyl halides is 3. The second-order valence-corrected chi connectivity index (χ2v) is 14.0. The van der Waals surface area contributed by atoms with Crippen molar-refractivity contribution < 1.29 is 26.4 Å². The first-order chi connectivity index (χ1) is 19.7. The van der Waals surface area contributed by atoms with Crippen molar-refractivity contribution in [2.45, 2.75) is 67.7 Å². The van der Waals surface area contributed by atoms with E-state index in [0.29, 0.717) is 35.3 Å². The molecular formula is C26H27F3N8O3S2. The number of nitrogens with zero attached hydrogens (tertiary/aromatic N) is 6. The number of nitrogens with two attached hydrogens (primary N) is 2. The Balaban J connectivity index is 1.39. The van der Waals surface area contributed by atoms with Gasteiger partial charge < -0.3 is 16.4 Å². The SMILES string of the molecule is Cc1cnc(-c2ccc(-c3cnn4c(N)c(S(C)(=O)=O)c(C5C[C@H]6CC[C@@H](C5)N6C(=O)C(N)C(F)(F)F)nc34)cn2)s1. The predicted molar refractivity (Wildman–Crippen MR) is 149 cm³/mol. The van der Waals surface area contributed by atoms with Crippen molar-refractivity contribution >= 4 is 38.5 Å². The van der Waals surface area contributed by atoms with Crippen LogP contribution >= 0.6 is 11.3 Å². The summed E-state index contributed by atoms with van der Waals surface area (Å²) in [5.41, 5.74) is 14.1. The standard InChI is InChI=1S/C26H27F3N8O3S2/c1-12-9-33-24(41-12)18-6-3-13(10-32-18)17-11-34-37-22(31)20(42(2,39)40)19(35-23(17)37)14-7-15-4-5-16(8-14)36(15)25(38)21(30)26(27,28)29/h3,6,9-11,14-16,21H,4-5,7-8,30-31H2,1-2H3/t14?,15-,16+,21?. The van der Waals surface area contributed by atoms with Gasteiger partial charge in [-0.05, 0) is 38.7 Å². The number of nitrogen functional groups attached to an aromatic ring is 1. The summed E-state index contributed by atoms with van der Waals surface area (Å²) >= 11 is 1.52. The van der Waals surface area contributed by atoms with Gasteiger partial charge in [-0.15, -0.1) is 11.3 Å². The number of aromatic nitrogens is 5. The van der Waals surface area contributed by atoms with E-state index in [9.17, 15) is 26.4 Å². The number of carbonyl (C=O) groups excluding carboxylic acids is 1. The second-order valence-electron chi connectivity index (χ2n) is 10.8. The summed E-state index contributed by atoms with van der Waals surface area (Å²) in [6.07, 6.45) is 2.54. The van der Waals surface area contributed by atoms with Crippen LogP contribution in [0.15, 0.2) is 35.6 Å². The number of carbonyl (C=O) groups is 1. The molecule has 2 bridgehead atoms. The number of pyridine rings is 1. The van der Waals surface area contributed by atoms with Crippen molar-refractivity contribution in [1.29, 1.82) is 0 Å². The van der Waals surface area contributed by atoms with E-state index in [0.717, 1.165) is 16.1 Å². The number of rotatable bonds is 5. The van der Waals surface area contributed by atoms with Gasteiger partial charge in [-0.1, -0.05) is 6.07 Å². The zero-order valence-electron chi connectivity index (χ0n) is 22.5. The van der Waals surface area contributed by atoms with Crippen molar-refractivity contribution in [3.8, 4) is 21.8 Å². The second kappa shape index (κ2) is 9.98. The van der Waals surface area contributed by atoms with Crippen LogP contribution < -0.4 is 11.5 Å². The zero-order valence-corrected chi connectivity index (χ0v) is 24.2. The van der Waals surface area contributed by atoms with Crippen LogP contribution in [-0.2, 0) is 14.6 Å². The average Bonchev–Trinajstić information content (AvgIpc) is 3.62. The van der Waals surface area contributed by atoms with Crippen molar-refractivity contribution in [3.05, 3.63) is 41.3 Å². The monoisotopic (exact) mass is 620 g/mol. The minimum absolute atomic E-state index is 0.114. The van der Waals surface area contributed by atoms with E-state index in [1.165, 1.54) is 26.9 Å². The predicted octanol–water partition coefficient (Wildman–Crippen LogP) is 3.34. The summed E-state index contributed by atoms with van der Waals surface area (Å²) in [6, 6.07) is -0.00838. The lowest BCUT2D eigenvalue weighted by Gasteiger charge is -2.40. The molecule has 222 valence electrons. The maximum absolute atomic E-state index is 13.2. The fraction of sp³-hybridized carbons (Fsp3) is 0.423. The summed E-state index contributed by atoms with van der Waals surface area (Å²) in [4.78, 5) is 28.5. The lowest BCUT2D eigenvalue weighted by molar-refractivity contribution is -0.173. The Morgan fingerprint density at radius 1 is 1.12 bits per heavy atom. The minimum atomic E-state index is -4.86. The van der Waals surface area contributed by atoms with Crippen LogP contribution in [0.4, 0.5) is 19.0 Å². The fourth-order valence-electron chi connectivity index (χ4n) is 6.09. The highest BCUT2D eigenvalue weighted by Crippen LogP contribution is 2.46. The number of fused-ring (bicyclic) bond motifs is 3. The first kappa shape index (κ1) is 28.5. The van der Waals surface area contributed by atoms with Crippen LogP contribution in [0.3, 0.4) is 0 Å². The molecule has 6 heterocycles. The number of amides is 1. The molecule has 42 heavy (non-hydrogen) atoms. The van der Waals surface area contributed by atoms with Crippen molar-refractivity contribution in [2.75, 3.05) is 12.0 Å². The van der Waals surface area contributed by atoms with Crippen LogP contribution in [-0.4, -0.2) is 74.3 Å². The van der Waals surface area contributed by atoms with E-state index in [1.807, 2.05) is 19.1 Å². The molecule has 6 rings (SSSR count). The number of anilines is 1. The maximum atomic E-state index is 13.2. The molecule has 4 N–H and O–H groups in total. The Morgan fingerprint density at radius 2 is 1.81 bits per heavy atom. The van der Waals surface area contributed by atoms with Crippen LogP contribution in [0.5, 0.6) is 0 Å². The van der Waals surface area contributed by atoms with Gasteiger partial charge in [-0.2, -0.15) is 22.8 Å². The number of thiazole rings is 1. The molecule has 2 saturated heterocycles. The zero-order chi connectivity index (χ0) is 30.1. The van der Waals surface area contributed by atoms with E-state index < -0.39 is 46.0 Å². The maximum Gasteiger partial charge on any atom is 0.412 e. The molecule has 2 unspecified atom stereocenters. The van der Waals surface area contributed by atoms with E-state index >= 15 is 0 Å². The topological polar surface area (TPSA) is 162 Å². The Morgan fingerprint density at radius 3 is 2.36 bits per heavy atom. The number of hydrogen-bond donors (Lipinski definition) is 2. The third-order valence-corrected chi connectivity index (χ3v) is 10.0. The van der Waals surface area contributed by atoms with Gasteiger partial charge in [-0.25, -0.2) is 18.4 Å². The highest BCUT2D eigenvalue weighted by molar-refractivity contribution is 7.91. The third kappa shape index (κ3) is 4.80. The van der Waals surface area contributed by atoms with Gasteiger partial charge in [0.25, 0.3) is 0 Å². The van der Waals surface area contributed by atoms with E-state index in [-0.39, 0.29) is 29.2 Å². The lowest BCUT2D eigenvalue weighted by Crippen LogP contribution is -2.57. The van der Waals surface area contributed by atoms with Crippen LogP contribution in [0, 0.1) is 6.92 Å². The number of sulfone groups is 1. The molecular weight excluding hydrogens is 593 g/mol. The summed E-state index contributed by atoms with van der Waals surface area (Å²) in [6.45, 7) is 1.96. The molecule has 4 aromatic rings. The first-order valence-corrected chi connectivity index (χ1v) is 15.9. The van der Waals surface area contributed by atoms with Gasteiger partial charge in [0.05, 0.1) is 17.6 Å². The molecule has 2 fully saturated rings. The number of piperidine rings is 1. The summed E-state index contributed by atoms with van der Waals surface area (Å²) in [5.74, 6) is -1.75. The quantitative estimate of drug-likeness (QED) is 0.341. The smallest absolute Gasteiger partial charge is 0.382 e. The highest BCUT2D eigenvalue weighted by Gasteiger charge is 2.51. The minimum Gasteiger partial charge on any atom is -0.382 e. The Bertz CT molecular complexity index is 1790. The molecule has 0 radical (unpaired) electrons. The van der Waals surface area contributed by atoms with Crippen LogP contribution in [0.25, 0.3) is 27.5 Å². The van der Waals surface area contributed by atoms with E-state index in [4.69, 9.17) is 16.5 Å². The molecule has 11 nitrogen and oxygen atoms in total. The van der Waals surface area contributed by atoms with Crippen LogP contribution in [0.1, 0.15) is 42.2 Å². The molecule has 0 aliphatic carbocycles. The molecule has 0 spiro atoms. The van der Waals surface area contributed by atoms with Gasteiger partial charge in [0.1, 0.15) is 15.7 Å². The van der Waals surface area contributed by atoms with Gasteiger partial charge in [0, 0.05) is 52.7 Å². The Labute approximate surface area is 242 Å². The number of halogens is 3. The summed E-state index contributed by atoms with van der Waals surface area (Å²) in [5, 5.41) is 5.09. The van der Waals surface area contributed by atoms with Crippen molar-refractivity contribution in [1.82, 2.24) is 29.5 Å². The van der Waals surface area contributed by atoms with Crippen molar-refractivity contribution in [2.24, 2.45) is 5.73 Å². The highest BCUT2D eigenvalue weighted by atomic mass is 32.2. The van der Waals surface area contributed by atoms with Gasteiger partial charge in [-0.3, -0.25) is 9.78 Å². The summed E-state index contributed by atoms with van der Waals surface area (Å²) < 4.78 is 66.9. The molecule has 2 aliphatic heterocycles. The molecule has 0 saturated carbocycles. The Hall–Kier alpha value is -3.63. The molecule has 1 amide bonds. The molecule has 0 aromatic carbocycles. The Kier molecular flexibility index (Phi) is 6.77. The molecule has 4 atom stereocenters. The molecule has 4 aromatic heterocycles. The normalized spacial score (nSPS) is 21.7. The third-order valence-electron chi connectivity index (χ3n) is 7.94. The number of hydrogen-bond acceptors (Lipinski definition) is 10. The fourth-order valence-corrected chi connectivity index (χ4v) is 7.89. The van der Waals surface area contributed by atoms with E-state index in [2.05, 4.69) is 15.1 Å². The van der Waals surface area contributed by atoms with Gasteiger partial charge in [0.15, 0.2) is 21.5 Å². The summed E-state index contributed by atoms with van der Waals surface area (Å²) in [7, 11) is -3.89. The lowest BCUT2D eigenvalue weighted by atomic mass is 9.87. The molecule has 2 aliphatic rings. The molecule has 16 heteroatoms. The largest absolute Gasteiger partial charge is 0.412 e. The van der Waals surface area contributed by atoms with Gasteiger partial charge in [0.2, 0.25) is 5.91 Å². The number of aryl methyl sites for hydroxylation is 1. The van der Waals surface area contributed by atoms with Crippen LogP contribution in [0.2, 0.25) is 0 Å².